The third kappa shape index (κ3) is 2.92. The van der Waals surface area contributed by atoms with Crippen molar-refractivity contribution < 1.29 is 18.4 Å². The summed E-state index contributed by atoms with van der Waals surface area (Å²) in [6.07, 6.45) is 0.338. The highest BCUT2D eigenvalue weighted by molar-refractivity contribution is 6.09. The van der Waals surface area contributed by atoms with Gasteiger partial charge in [-0.3, -0.25) is 9.59 Å². The Morgan fingerprint density at radius 1 is 1.11 bits per heavy atom. The molecule has 2 N–H and O–H groups in total. The number of aryl methyl sites for hydroxylation is 1. The molecule has 28 heavy (non-hydrogen) atoms. The van der Waals surface area contributed by atoms with Gasteiger partial charge < -0.3 is 10.6 Å². The van der Waals surface area contributed by atoms with Gasteiger partial charge in [0.25, 0.3) is 11.8 Å². The zero-order valence-corrected chi connectivity index (χ0v) is 14.9. The van der Waals surface area contributed by atoms with E-state index in [1.54, 1.807) is 11.0 Å². The summed E-state index contributed by atoms with van der Waals surface area (Å²) < 4.78 is 28.5. The fourth-order valence-corrected chi connectivity index (χ4v) is 3.45. The van der Waals surface area contributed by atoms with Gasteiger partial charge in [0.15, 0.2) is 5.69 Å². The van der Waals surface area contributed by atoms with Crippen molar-refractivity contribution in [2.75, 3.05) is 11.4 Å². The van der Waals surface area contributed by atoms with Crippen LogP contribution < -0.4 is 10.6 Å². The molecule has 8 heteroatoms. The SMILES string of the molecule is Cc1cccc(N2CCc3c(C(N)=O)nn(-c4cc(F)cc(F)c4)c3C2=O)c1. The minimum atomic E-state index is -0.821. The van der Waals surface area contributed by atoms with Crippen molar-refractivity contribution in [3.63, 3.8) is 0 Å². The number of carbonyl (C=O) groups is 2. The summed E-state index contributed by atoms with van der Waals surface area (Å²) in [5.74, 6) is -2.86. The van der Waals surface area contributed by atoms with Gasteiger partial charge in [-0.05, 0) is 43.2 Å². The Kier molecular flexibility index (Phi) is 4.18. The molecular formula is C20H16F2N4O2. The number of fused-ring (bicyclic) bond motifs is 1. The number of nitrogens with zero attached hydrogens (tertiary/aromatic N) is 3. The molecular weight excluding hydrogens is 366 g/mol. The van der Waals surface area contributed by atoms with Gasteiger partial charge in [0.2, 0.25) is 0 Å². The molecule has 1 aliphatic heterocycles. The van der Waals surface area contributed by atoms with Gasteiger partial charge in [0.05, 0.1) is 5.69 Å². The number of primary amides is 1. The summed E-state index contributed by atoms with van der Waals surface area (Å²) in [5.41, 5.74) is 7.47. The number of hydrogen-bond donors (Lipinski definition) is 1. The van der Waals surface area contributed by atoms with E-state index >= 15 is 0 Å². The van der Waals surface area contributed by atoms with Crippen LogP contribution in [-0.4, -0.2) is 28.1 Å². The highest BCUT2D eigenvalue weighted by atomic mass is 19.1. The average molecular weight is 382 g/mol. The van der Waals surface area contributed by atoms with Crippen molar-refractivity contribution in [1.82, 2.24) is 9.78 Å². The van der Waals surface area contributed by atoms with Crippen molar-refractivity contribution >= 4 is 17.5 Å². The molecule has 1 aliphatic rings. The molecule has 0 atom stereocenters. The normalized spacial score (nSPS) is 13.5. The minimum absolute atomic E-state index is 0.000641. The van der Waals surface area contributed by atoms with Crippen molar-refractivity contribution in [2.24, 2.45) is 5.73 Å². The Morgan fingerprint density at radius 3 is 2.46 bits per heavy atom. The molecule has 142 valence electrons. The standard InChI is InChI=1S/C20H16F2N4O2/c1-11-3-2-4-14(7-11)25-6-5-16-17(19(23)27)24-26(18(16)20(25)28)15-9-12(21)8-13(22)10-15/h2-4,7-10H,5-6H2,1H3,(H2,23,27). The summed E-state index contributed by atoms with van der Waals surface area (Å²) in [5, 5.41) is 4.10. The number of halogens is 2. The molecule has 0 unspecified atom stereocenters. The van der Waals surface area contributed by atoms with Crippen LogP contribution in [0.3, 0.4) is 0 Å². The van der Waals surface area contributed by atoms with Gasteiger partial charge in [-0.2, -0.15) is 5.10 Å². The van der Waals surface area contributed by atoms with E-state index in [1.165, 1.54) is 0 Å². The van der Waals surface area contributed by atoms with E-state index in [4.69, 9.17) is 5.73 Å². The predicted molar refractivity (Wildman–Crippen MR) is 98.6 cm³/mol. The maximum atomic E-state index is 13.7. The Labute approximate surface area is 159 Å². The van der Waals surface area contributed by atoms with Gasteiger partial charge in [-0.25, -0.2) is 13.5 Å². The summed E-state index contributed by atoms with van der Waals surface area (Å²) >= 11 is 0. The van der Waals surface area contributed by atoms with Crippen LogP contribution >= 0.6 is 0 Å². The Balaban J connectivity index is 1.89. The van der Waals surface area contributed by atoms with Crippen LogP contribution in [-0.2, 0) is 6.42 Å². The van der Waals surface area contributed by atoms with Gasteiger partial charge in [-0.15, -0.1) is 0 Å². The molecule has 2 amide bonds. The minimum Gasteiger partial charge on any atom is -0.364 e. The molecule has 0 saturated carbocycles. The zero-order valence-electron chi connectivity index (χ0n) is 14.9. The van der Waals surface area contributed by atoms with E-state index in [2.05, 4.69) is 5.10 Å². The number of benzene rings is 2. The number of hydrogen-bond acceptors (Lipinski definition) is 3. The second kappa shape index (κ2) is 6.56. The number of amides is 2. The smallest absolute Gasteiger partial charge is 0.277 e. The van der Waals surface area contributed by atoms with Gasteiger partial charge in [-0.1, -0.05) is 12.1 Å². The lowest BCUT2D eigenvalue weighted by Crippen LogP contribution is -2.39. The maximum Gasteiger partial charge on any atom is 0.277 e. The monoisotopic (exact) mass is 382 g/mol. The van der Waals surface area contributed by atoms with Crippen LogP contribution in [0.1, 0.15) is 32.1 Å². The molecule has 0 aliphatic carbocycles. The van der Waals surface area contributed by atoms with E-state index in [0.29, 0.717) is 24.2 Å². The number of anilines is 1. The third-order valence-corrected chi connectivity index (χ3v) is 4.66. The van der Waals surface area contributed by atoms with E-state index in [9.17, 15) is 18.4 Å². The van der Waals surface area contributed by atoms with Gasteiger partial charge in [0.1, 0.15) is 17.3 Å². The first-order valence-electron chi connectivity index (χ1n) is 8.62. The molecule has 2 heterocycles. The maximum absolute atomic E-state index is 13.7. The second-order valence-corrected chi connectivity index (χ2v) is 6.63. The molecule has 2 aromatic carbocycles. The number of aromatic nitrogens is 2. The quantitative estimate of drug-likeness (QED) is 0.756. The van der Waals surface area contributed by atoms with Crippen molar-refractivity contribution in [3.05, 3.63) is 76.6 Å². The summed E-state index contributed by atoms with van der Waals surface area (Å²) in [7, 11) is 0. The van der Waals surface area contributed by atoms with Crippen LogP contribution in [0.5, 0.6) is 0 Å². The predicted octanol–water partition coefficient (Wildman–Crippen LogP) is 2.76. The van der Waals surface area contributed by atoms with Crippen LogP contribution in [0.15, 0.2) is 42.5 Å². The van der Waals surface area contributed by atoms with Gasteiger partial charge in [0, 0.05) is 23.9 Å². The van der Waals surface area contributed by atoms with Crippen molar-refractivity contribution in [3.8, 4) is 5.69 Å². The number of nitrogens with two attached hydrogens (primary N) is 1. The van der Waals surface area contributed by atoms with Crippen molar-refractivity contribution in [2.45, 2.75) is 13.3 Å². The van der Waals surface area contributed by atoms with Crippen LogP contribution in [0.2, 0.25) is 0 Å². The highest BCUT2D eigenvalue weighted by Gasteiger charge is 2.34. The van der Waals surface area contributed by atoms with E-state index in [0.717, 1.165) is 28.4 Å². The van der Waals surface area contributed by atoms with Crippen LogP contribution in [0, 0.1) is 18.6 Å². The fraction of sp³-hybridized carbons (Fsp3) is 0.150. The molecule has 0 bridgehead atoms. The third-order valence-electron chi connectivity index (χ3n) is 4.66. The molecule has 4 rings (SSSR count). The lowest BCUT2D eigenvalue weighted by molar-refractivity contribution is 0.0972. The molecule has 0 spiro atoms. The Bertz CT molecular complexity index is 1100. The molecule has 3 aromatic rings. The van der Waals surface area contributed by atoms with E-state index in [1.807, 2.05) is 25.1 Å². The molecule has 6 nitrogen and oxygen atoms in total. The summed E-state index contributed by atoms with van der Waals surface area (Å²) in [6, 6.07) is 10.2. The van der Waals surface area contributed by atoms with Crippen LogP contribution in [0.4, 0.5) is 14.5 Å². The summed E-state index contributed by atoms with van der Waals surface area (Å²) in [4.78, 5) is 26.6. The highest BCUT2D eigenvalue weighted by Crippen LogP contribution is 2.29. The topological polar surface area (TPSA) is 81.2 Å². The van der Waals surface area contributed by atoms with E-state index < -0.39 is 23.4 Å². The lowest BCUT2D eigenvalue weighted by Gasteiger charge is -2.28. The zero-order chi connectivity index (χ0) is 20.0. The first-order valence-corrected chi connectivity index (χ1v) is 8.62. The Morgan fingerprint density at radius 2 is 1.82 bits per heavy atom. The molecule has 1 aromatic heterocycles. The summed E-state index contributed by atoms with van der Waals surface area (Å²) in [6.45, 7) is 2.24. The fourth-order valence-electron chi connectivity index (χ4n) is 3.45. The van der Waals surface area contributed by atoms with Gasteiger partial charge >= 0.3 is 0 Å². The second-order valence-electron chi connectivity index (χ2n) is 6.63. The van der Waals surface area contributed by atoms with E-state index in [-0.39, 0.29) is 17.1 Å². The molecule has 0 saturated heterocycles. The molecule has 0 fully saturated rings. The van der Waals surface area contributed by atoms with Crippen LogP contribution in [0.25, 0.3) is 5.69 Å². The lowest BCUT2D eigenvalue weighted by atomic mass is 10.0. The number of rotatable bonds is 3. The molecule has 0 radical (unpaired) electrons. The number of carbonyl (C=O) groups excluding carboxylic acids is 2. The first-order chi connectivity index (χ1) is 13.3. The Hall–Kier alpha value is -3.55. The first kappa shape index (κ1) is 17.8. The largest absolute Gasteiger partial charge is 0.364 e. The van der Waals surface area contributed by atoms with Crippen molar-refractivity contribution in [1.29, 1.82) is 0 Å². The average Bonchev–Trinajstić information content (AvgIpc) is 3.02.